The average molecular weight is 326 g/mol. The largest absolute Gasteiger partial charge is 0.334 e. The molecule has 2 heterocycles. The summed E-state index contributed by atoms with van der Waals surface area (Å²) >= 11 is 7.50. The molecule has 0 spiro atoms. The highest BCUT2D eigenvalue weighted by Crippen LogP contribution is 2.34. The van der Waals surface area contributed by atoms with Crippen LogP contribution >= 0.6 is 22.9 Å². The number of halogens is 1. The molecule has 1 saturated carbocycles. The molecule has 1 saturated heterocycles. The van der Waals surface area contributed by atoms with E-state index >= 15 is 0 Å². The normalized spacial score (nSPS) is 26.9. The van der Waals surface area contributed by atoms with Crippen molar-refractivity contribution in [3.63, 3.8) is 0 Å². The number of amides is 1. The van der Waals surface area contributed by atoms with Crippen LogP contribution in [-0.4, -0.2) is 29.2 Å². The van der Waals surface area contributed by atoms with E-state index in [0.29, 0.717) is 22.1 Å². The van der Waals surface area contributed by atoms with Gasteiger partial charge in [0.2, 0.25) is 0 Å². The molecule has 0 N–H and O–H groups in total. The van der Waals surface area contributed by atoms with Crippen molar-refractivity contribution >= 4 is 34.6 Å². The van der Waals surface area contributed by atoms with Crippen LogP contribution in [0.5, 0.6) is 0 Å². The first-order valence-corrected chi connectivity index (χ1v) is 9.01. The maximum atomic E-state index is 12.8. The van der Waals surface area contributed by atoms with Crippen LogP contribution < -0.4 is 0 Å². The monoisotopic (exact) mass is 325 g/mol. The summed E-state index contributed by atoms with van der Waals surface area (Å²) in [5.74, 6) is 0.406. The molecule has 5 heteroatoms. The zero-order valence-electron chi connectivity index (χ0n) is 12.0. The Bertz CT molecular complexity index is 542. The van der Waals surface area contributed by atoms with E-state index in [0.717, 1.165) is 45.1 Å². The van der Waals surface area contributed by atoms with Crippen molar-refractivity contribution in [2.75, 3.05) is 6.54 Å². The van der Waals surface area contributed by atoms with Gasteiger partial charge in [-0.3, -0.25) is 9.59 Å². The molecular weight excluding hydrogens is 306 g/mol. The zero-order chi connectivity index (χ0) is 14.8. The number of Topliss-reactive ketones (excluding diaryl/α,β-unsaturated/α-hetero) is 1. The standard InChI is InChI=1S/C16H20ClNO2S/c17-12-8-10-21-15(12)16(20)18-9-4-3-6-13(18)11-5-1-2-7-14(11)19/h8,10-11,13H,1-7,9H2. The summed E-state index contributed by atoms with van der Waals surface area (Å²) in [7, 11) is 0. The van der Waals surface area contributed by atoms with Gasteiger partial charge in [-0.25, -0.2) is 0 Å². The maximum Gasteiger partial charge on any atom is 0.265 e. The molecule has 2 unspecified atom stereocenters. The van der Waals surface area contributed by atoms with Crippen molar-refractivity contribution in [1.82, 2.24) is 4.90 Å². The number of carbonyl (C=O) groups excluding carboxylic acids is 2. The summed E-state index contributed by atoms with van der Waals surface area (Å²) in [5.41, 5.74) is 0. The van der Waals surface area contributed by atoms with Gasteiger partial charge in [-0.2, -0.15) is 0 Å². The Morgan fingerprint density at radius 1 is 1.24 bits per heavy atom. The number of carbonyl (C=O) groups is 2. The van der Waals surface area contributed by atoms with Crippen molar-refractivity contribution < 1.29 is 9.59 Å². The number of nitrogens with zero attached hydrogens (tertiary/aromatic N) is 1. The number of likely N-dealkylation sites (tertiary alicyclic amines) is 1. The third-order valence-corrected chi connectivity index (χ3v) is 6.02. The molecule has 0 bridgehead atoms. The Balaban J connectivity index is 1.82. The van der Waals surface area contributed by atoms with Gasteiger partial charge < -0.3 is 4.90 Å². The fourth-order valence-corrected chi connectivity index (χ4v) is 4.71. The average Bonchev–Trinajstić information content (AvgIpc) is 2.93. The molecule has 21 heavy (non-hydrogen) atoms. The third kappa shape index (κ3) is 3.02. The molecule has 1 aliphatic heterocycles. The van der Waals surface area contributed by atoms with Crippen LogP contribution in [0.3, 0.4) is 0 Å². The van der Waals surface area contributed by atoms with Crippen molar-refractivity contribution in [2.45, 2.75) is 51.0 Å². The highest BCUT2D eigenvalue weighted by molar-refractivity contribution is 7.12. The second-order valence-electron chi connectivity index (χ2n) is 5.98. The van der Waals surface area contributed by atoms with Gasteiger partial charge in [-0.15, -0.1) is 11.3 Å². The lowest BCUT2D eigenvalue weighted by Gasteiger charge is -2.41. The summed E-state index contributed by atoms with van der Waals surface area (Å²) in [6.45, 7) is 0.751. The molecule has 0 aromatic carbocycles. The van der Waals surface area contributed by atoms with Gasteiger partial charge in [-0.1, -0.05) is 18.0 Å². The molecule has 1 aliphatic carbocycles. The van der Waals surface area contributed by atoms with E-state index in [1.54, 1.807) is 6.07 Å². The highest BCUT2D eigenvalue weighted by atomic mass is 35.5. The van der Waals surface area contributed by atoms with Crippen molar-refractivity contribution in [3.05, 3.63) is 21.3 Å². The Morgan fingerprint density at radius 2 is 2.05 bits per heavy atom. The summed E-state index contributed by atoms with van der Waals surface area (Å²) in [6, 6.07) is 1.85. The van der Waals surface area contributed by atoms with E-state index in [1.807, 2.05) is 10.3 Å². The summed E-state index contributed by atoms with van der Waals surface area (Å²) in [5, 5.41) is 2.38. The summed E-state index contributed by atoms with van der Waals surface area (Å²) in [6.07, 6.45) is 6.81. The van der Waals surface area contributed by atoms with E-state index in [9.17, 15) is 9.59 Å². The fraction of sp³-hybridized carbons (Fsp3) is 0.625. The second kappa shape index (κ2) is 6.49. The van der Waals surface area contributed by atoms with Crippen molar-refractivity contribution in [2.24, 2.45) is 5.92 Å². The number of rotatable bonds is 2. The van der Waals surface area contributed by atoms with Crippen LogP contribution in [0.2, 0.25) is 5.02 Å². The molecule has 1 aromatic heterocycles. The maximum absolute atomic E-state index is 12.8. The second-order valence-corrected chi connectivity index (χ2v) is 7.30. The van der Waals surface area contributed by atoms with Crippen LogP contribution in [0.15, 0.2) is 11.4 Å². The fourth-order valence-electron chi connectivity index (χ4n) is 3.62. The van der Waals surface area contributed by atoms with Gasteiger partial charge in [0.25, 0.3) is 5.91 Å². The van der Waals surface area contributed by atoms with Crippen LogP contribution in [0, 0.1) is 5.92 Å². The molecule has 3 nitrogen and oxygen atoms in total. The molecular formula is C16H20ClNO2S. The number of thiophene rings is 1. The number of hydrogen-bond donors (Lipinski definition) is 0. The SMILES string of the molecule is O=C1CCCCC1C1CCCCN1C(=O)c1sccc1Cl. The predicted octanol–water partition coefficient (Wildman–Crippen LogP) is 4.16. The Morgan fingerprint density at radius 3 is 2.76 bits per heavy atom. The highest BCUT2D eigenvalue weighted by Gasteiger charge is 2.38. The first-order valence-electron chi connectivity index (χ1n) is 7.75. The molecule has 2 atom stereocenters. The predicted molar refractivity (Wildman–Crippen MR) is 85.0 cm³/mol. The Labute approximate surface area is 134 Å². The van der Waals surface area contributed by atoms with E-state index in [1.165, 1.54) is 11.3 Å². The van der Waals surface area contributed by atoms with Gasteiger partial charge in [-0.05, 0) is 43.6 Å². The molecule has 2 aliphatic rings. The molecule has 1 aromatic rings. The van der Waals surface area contributed by atoms with E-state index in [2.05, 4.69) is 0 Å². The minimum absolute atomic E-state index is 0.0121. The Hall–Kier alpha value is -0.870. The Kier molecular flexibility index (Phi) is 4.65. The third-order valence-electron chi connectivity index (χ3n) is 4.69. The minimum atomic E-state index is 0.0121. The van der Waals surface area contributed by atoms with Crippen molar-refractivity contribution in [1.29, 1.82) is 0 Å². The van der Waals surface area contributed by atoms with E-state index in [4.69, 9.17) is 11.6 Å². The molecule has 2 fully saturated rings. The topological polar surface area (TPSA) is 37.4 Å². The molecule has 0 radical (unpaired) electrons. The first-order chi connectivity index (χ1) is 10.2. The first kappa shape index (κ1) is 15.0. The van der Waals surface area contributed by atoms with Crippen LogP contribution in [-0.2, 0) is 4.79 Å². The van der Waals surface area contributed by atoms with E-state index < -0.39 is 0 Å². The van der Waals surface area contributed by atoms with Crippen LogP contribution in [0.1, 0.15) is 54.6 Å². The number of ketones is 1. The molecule has 3 rings (SSSR count). The van der Waals surface area contributed by atoms with Gasteiger partial charge in [0.1, 0.15) is 10.7 Å². The lowest BCUT2D eigenvalue weighted by Crippen LogP contribution is -2.50. The number of piperidine rings is 1. The zero-order valence-corrected chi connectivity index (χ0v) is 13.6. The smallest absolute Gasteiger partial charge is 0.265 e. The van der Waals surface area contributed by atoms with Crippen LogP contribution in [0.4, 0.5) is 0 Å². The summed E-state index contributed by atoms with van der Waals surface area (Å²) < 4.78 is 0. The van der Waals surface area contributed by atoms with Crippen molar-refractivity contribution in [3.8, 4) is 0 Å². The van der Waals surface area contributed by atoms with Crippen LogP contribution in [0.25, 0.3) is 0 Å². The lowest BCUT2D eigenvalue weighted by atomic mass is 9.79. The minimum Gasteiger partial charge on any atom is -0.334 e. The quantitative estimate of drug-likeness (QED) is 0.819. The van der Waals surface area contributed by atoms with Gasteiger partial charge >= 0.3 is 0 Å². The van der Waals surface area contributed by atoms with Gasteiger partial charge in [0.05, 0.1) is 5.02 Å². The van der Waals surface area contributed by atoms with Gasteiger partial charge in [0.15, 0.2) is 0 Å². The van der Waals surface area contributed by atoms with E-state index in [-0.39, 0.29) is 17.9 Å². The number of hydrogen-bond acceptors (Lipinski definition) is 3. The molecule has 114 valence electrons. The summed E-state index contributed by atoms with van der Waals surface area (Å²) in [4.78, 5) is 27.6. The lowest BCUT2D eigenvalue weighted by molar-refractivity contribution is -0.127. The molecule has 1 amide bonds. The van der Waals surface area contributed by atoms with Gasteiger partial charge in [0, 0.05) is 24.9 Å².